The summed E-state index contributed by atoms with van der Waals surface area (Å²) in [5.74, 6) is 0. The van der Waals surface area contributed by atoms with Gasteiger partial charge in [0.15, 0.2) is 31.9 Å². The van der Waals surface area contributed by atoms with Crippen molar-refractivity contribution in [2.75, 3.05) is 0 Å². The van der Waals surface area contributed by atoms with Gasteiger partial charge in [-0.15, -0.1) is 0 Å². The van der Waals surface area contributed by atoms with Crippen molar-refractivity contribution >= 4 is 23.1 Å². The Bertz CT molecular complexity index is 1390. The van der Waals surface area contributed by atoms with Crippen LogP contribution in [0.3, 0.4) is 0 Å². The molecule has 152 valence electrons. The van der Waals surface area contributed by atoms with Crippen LogP contribution in [0.4, 0.5) is 0 Å². The van der Waals surface area contributed by atoms with E-state index < -0.39 is 7.14 Å². The van der Waals surface area contributed by atoms with Crippen molar-refractivity contribution in [2.45, 2.75) is 0 Å². The Morgan fingerprint density at radius 1 is 0.500 bits per heavy atom. The number of nitrogens with zero attached hydrogens (tertiary/aromatic N) is 2. The monoisotopic (exact) mass is 432 g/mol. The van der Waals surface area contributed by atoms with E-state index in [0.717, 1.165) is 38.4 Å². The average molecular weight is 432 g/mol. The molecule has 3 heterocycles. The van der Waals surface area contributed by atoms with Crippen LogP contribution in [0.5, 0.6) is 0 Å². The van der Waals surface area contributed by atoms with Crippen molar-refractivity contribution in [2.24, 2.45) is 0 Å². The summed E-state index contributed by atoms with van der Waals surface area (Å²) in [5, 5.41) is 2.63. The van der Waals surface area contributed by atoms with Crippen LogP contribution in [0.15, 0.2) is 128 Å². The van der Waals surface area contributed by atoms with E-state index in [1.54, 1.807) is 0 Å². The molecule has 0 radical (unpaired) electrons. The van der Waals surface area contributed by atoms with Crippen molar-refractivity contribution in [3.63, 3.8) is 0 Å². The number of pyridine rings is 2. The minimum absolute atomic E-state index is 0.858. The van der Waals surface area contributed by atoms with Crippen LogP contribution < -0.4 is 25.0 Å². The summed E-state index contributed by atoms with van der Waals surface area (Å²) in [7, 11) is -3.04. The number of hydrogen-bond donors (Lipinski definition) is 0. The van der Waals surface area contributed by atoms with Gasteiger partial charge in [0.25, 0.3) is 0 Å². The fourth-order valence-electron chi connectivity index (χ4n) is 4.49. The van der Waals surface area contributed by atoms with Crippen molar-refractivity contribution in [3.05, 3.63) is 128 Å². The van der Waals surface area contributed by atoms with Crippen LogP contribution in [0.2, 0.25) is 0 Å². The fourth-order valence-corrected chi connectivity index (χ4v) is 7.54. The van der Waals surface area contributed by atoms with E-state index in [4.69, 9.17) is 0 Å². The molecule has 0 unspecified atom stereocenters. The second kappa shape index (κ2) is 7.40. The summed E-state index contributed by atoms with van der Waals surface area (Å²) in [6, 6.07) is 34.4. The SMILES string of the molecule is O=P1(c2ccccc2)c2c[n+](-c3ccccc3)ccc2-c2cc[n+](-c3ccccc3)cc21. The first kappa shape index (κ1) is 18.9. The fraction of sp³-hybridized carbons (Fsp3) is 0. The highest BCUT2D eigenvalue weighted by Crippen LogP contribution is 2.51. The first-order chi connectivity index (χ1) is 15.7. The molecule has 0 saturated carbocycles. The van der Waals surface area contributed by atoms with Crippen LogP contribution >= 0.6 is 7.14 Å². The molecule has 0 aliphatic carbocycles. The molecule has 0 saturated heterocycles. The Morgan fingerprint density at radius 3 is 1.34 bits per heavy atom. The van der Waals surface area contributed by atoms with E-state index in [2.05, 4.69) is 57.9 Å². The molecule has 1 aliphatic heterocycles. The summed E-state index contributed by atoms with van der Waals surface area (Å²) in [4.78, 5) is 0. The highest BCUT2D eigenvalue weighted by Gasteiger charge is 2.44. The van der Waals surface area contributed by atoms with Crippen molar-refractivity contribution < 1.29 is 13.7 Å². The lowest BCUT2D eigenvalue weighted by molar-refractivity contribution is -0.594. The summed E-state index contributed by atoms with van der Waals surface area (Å²) in [5.41, 5.74) is 4.18. The number of fused-ring (bicyclic) bond motifs is 3. The predicted octanol–water partition coefficient (Wildman–Crippen LogP) is 3.86. The molecule has 0 atom stereocenters. The van der Waals surface area contributed by atoms with E-state index in [1.165, 1.54) is 0 Å². The van der Waals surface area contributed by atoms with Crippen LogP contribution in [0.1, 0.15) is 0 Å². The maximum atomic E-state index is 15.0. The number of rotatable bonds is 3. The predicted molar refractivity (Wildman–Crippen MR) is 128 cm³/mol. The van der Waals surface area contributed by atoms with Gasteiger partial charge < -0.3 is 4.57 Å². The maximum Gasteiger partial charge on any atom is 0.210 e. The highest BCUT2D eigenvalue weighted by atomic mass is 31.2. The van der Waals surface area contributed by atoms with Crippen LogP contribution in [0.25, 0.3) is 22.5 Å². The van der Waals surface area contributed by atoms with Gasteiger partial charge in [-0.2, -0.15) is 9.13 Å². The highest BCUT2D eigenvalue weighted by molar-refractivity contribution is 7.86. The molecule has 0 fully saturated rings. The average Bonchev–Trinajstić information content (AvgIpc) is 3.14. The summed E-state index contributed by atoms with van der Waals surface area (Å²) in [6.45, 7) is 0. The molecular formula is C28H21N2OP+2. The summed E-state index contributed by atoms with van der Waals surface area (Å²) in [6.07, 6.45) is 8.20. The lowest BCUT2D eigenvalue weighted by Gasteiger charge is -2.13. The normalized spacial score (nSPS) is 13.4. The molecule has 32 heavy (non-hydrogen) atoms. The molecule has 1 aliphatic rings. The largest absolute Gasteiger partial charge is 0.308 e. The van der Waals surface area contributed by atoms with E-state index in [0.29, 0.717) is 0 Å². The Balaban J connectivity index is 1.62. The molecule has 0 spiro atoms. The maximum absolute atomic E-state index is 15.0. The summed E-state index contributed by atoms with van der Waals surface area (Å²) >= 11 is 0. The standard InChI is InChI=1S/C28H21N2OP/c31-32(24-14-8-3-9-15-24)27-20-29(22-10-4-1-5-11-22)18-16-25(27)26-17-19-30(21-28(26)32)23-12-6-2-7-13-23/h1-21H/q+2. The van der Waals surface area contributed by atoms with Gasteiger partial charge in [0.05, 0.1) is 10.6 Å². The molecule has 3 aromatic carbocycles. The molecule has 6 rings (SSSR count). The lowest BCUT2D eigenvalue weighted by atomic mass is 10.1. The minimum Gasteiger partial charge on any atom is -0.308 e. The second-order valence-corrected chi connectivity index (χ2v) is 10.6. The second-order valence-electron chi connectivity index (χ2n) is 7.92. The topological polar surface area (TPSA) is 24.8 Å². The number of hydrogen-bond acceptors (Lipinski definition) is 1. The zero-order chi connectivity index (χ0) is 21.5. The van der Waals surface area contributed by atoms with Crippen LogP contribution in [-0.4, -0.2) is 0 Å². The number of benzene rings is 3. The van der Waals surface area contributed by atoms with Gasteiger partial charge in [-0.25, -0.2) is 0 Å². The van der Waals surface area contributed by atoms with Gasteiger partial charge in [-0.05, 0) is 0 Å². The lowest BCUT2D eigenvalue weighted by Crippen LogP contribution is -2.36. The Morgan fingerprint density at radius 2 is 0.906 bits per heavy atom. The zero-order valence-electron chi connectivity index (χ0n) is 17.4. The molecule has 5 aromatic rings. The molecule has 0 amide bonds. The van der Waals surface area contributed by atoms with Crippen LogP contribution in [0, 0.1) is 0 Å². The number of para-hydroxylation sites is 2. The van der Waals surface area contributed by atoms with Crippen molar-refractivity contribution in [1.29, 1.82) is 0 Å². The quantitative estimate of drug-likeness (QED) is 0.308. The zero-order valence-corrected chi connectivity index (χ0v) is 18.3. The Labute approximate surface area is 187 Å². The smallest absolute Gasteiger partial charge is 0.210 e. The van der Waals surface area contributed by atoms with E-state index in [-0.39, 0.29) is 0 Å². The van der Waals surface area contributed by atoms with Gasteiger partial charge in [-0.3, -0.25) is 0 Å². The molecule has 4 heteroatoms. The molecule has 3 nitrogen and oxygen atoms in total. The van der Waals surface area contributed by atoms with Gasteiger partial charge in [-0.1, -0.05) is 66.7 Å². The first-order valence-corrected chi connectivity index (χ1v) is 12.3. The van der Waals surface area contributed by atoms with E-state index in [9.17, 15) is 0 Å². The van der Waals surface area contributed by atoms with Gasteiger partial charge in [0.1, 0.15) is 0 Å². The molecule has 0 N–H and O–H groups in total. The third-order valence-corrected chi connectivity index (χ3v) is 9.17. The van der Waals surface area contributed by atoms with Gasteiger partial charge in [0, 0.05) is 52.8 Å². The van der Waals surface area contributed by atoms with Crippen molar-refractivity contribution in [1.82, 2.24) is 0 Å². The van der Waals surface area contributed by atoms with Gasteiger partial charge in [0.2, 0.25) is 11.4 Å². The van der Waals surface area contributed by atoms with E-state index >= 15 is 4.57 Å². The van der Waals surface area contributed by atoms with Gasteiger partial charge >= 0.3 is 0 Å². The Kier molecular flexibility index (Phi) is 4.38. The first-order valence-electron chi connectivity index (χ1n) is 10.6. The van der Waals surface area contributed by atoms with E-state index in [1.807, 2.05) is 79.1 Å². The van der Waals surface area contributed by atoms with Crippen molar-refractivity contribution in [3.8, 4) is 22.5 Å². The van der Waals surface area contributed by atoms with Crippen LogP contribution in [-0.2, 0) is 4.57 Å². The molecule has 2 aromatic heterocycles. The number of aromatic nitrogens is 2. The molecular weight excluding hydrogens is 411 g/mol. The minimum atomic E-state index is -3.04. The summed E-state index contributed by atoms with van der Waals surface area (Å²) < 4.78 is 19.1. The third-order valence-electron chi connectivity index (χ3n) is 6.08. The molecule has 0 bridgehead atoms. The Hall–Kier alpha value is -3.81. The third kappa shape index (κ3) is 2.86.